The van der Waals surface area contributed by atoms with E-state index in [1.54, 1.807) is 18.3 Å². The molecule has 2 aromatic rings. The molecule has 0 aliphatic carbocycles. The molecule has 7 heteroatoms. The number of aryl methyl sites for hydroxylation is 1. The Bertz CT molecular complexity index is 683. The van der Waals surface area contributed by atoms with Gasteiger partial charge in [-0.1, -0.05) is 16.9 Å². The van der Waals surface area contributed by atoms with Gasteiger partial charge in [-0.05, 0) is 37.8 Å². The lowest BCUT2D eigenvalue weighted by Gasteiger charge is -2.22. The molecule has 1 atom stereocenters. The third kappa shape index (κ3) is 4.58. The van der Waals surface area contributed by atoms with E-state index in [1.807, 2.05) is 13.0 Å². The molecule has 1 fully saturated rings. The maximum atomic E-state index is 12.5. The van der Waals surface area contributed by atoms with Crippen LogP contribution in [0.5, 0.6) is 0 Å². The second-order valence-corrected chi connectivity index (χ2v) is 6.83. The molecule has 128 valence electrons. The van der Waals surface area contributed by atoms with Crippen LogP contribution in [0.1, 0.15) is 34.7 Å². The van der Waals surface area contributed by atoms with Crippen molar-refractivity contribution in [3.63, 3.8) is 0 Å². The Morgan fingerprint density at radius 3 is 3.17 bits per heavy atom. The van der Waals surface area contributed by atoms with E-state index >= 15 is 0 Å². The molecule has 3 rings (SSSR count). The minimum absolute atomic E-state index is 0.0903. The molecule has 0 aromatic carbocycles. The van der Waals surface area contributed by atoms with Crippen LogP contribution in [0, 0.1) is 12.8 Å². The molecular formula is C17H21N3O3S. The highest BCUT2D eigenvalue weighted by molar-refractivity contribution is 7.98. The zero-order valence-electron chi connectivity index (χ0n) is 13.7. The fraction of sp³-hybridized carbons (Fsp3) is 0.471. The Hall–Kier alpha value is -1.86. The van der Waals surface area contributed by atoms with Crippen LogP contribution in [0.25, 0.3) is 0 Å². The van der Waals surface area contributed by atoms with Gasteiger partial charge in [-0.2, -0.15) is 0 Å². The first-order chi connectivity index (χ1) is 11.7. The van der Waals surface area contributed by atoms with Crippen LogP contribution in [0.3, 0.4) is 0 Å². The number of nitrogens with one attached hydrogen (secondary N) is 1. The highest BCUT2D eigenvalue weighted by Gasteiger charge is 2.17. The zero-order chi connectivity index (χ0) is 16.8. The fourth-order valence-corrected chi connectivity index (χ4v) is 3.48. The summed E-state index contributed by atoms with van der Waals surface area (Å²) in [6.07, 6.45) is 3.86. The molecule has 24 heavy (non-hydrogen) atoms. The predicted molar refractivity (Wildman–Crippen MR) is 90.9 cm³/mol. The Morgan fingerprint density at radius 2 is 2.42 bits per heavy atom. The summed E-state index contributed by atoms with van der Waals surface area (Å²) >= 11 is 1.48. The average molecular weight is 347 g/mol. The van der Waals surface area contributed by atoms with Crippen molar-refractivity contribution in [3.8, 4) is 0 Å². The Balaban J connectivity index is 1.58. The van der Waals surface area contributed by atoms with Crippen LogP contribution in [0.2, 0.25) is 0 Å². The number of pyridine rings is 1. The fourth-order valence-electron chi connectivity index (χ4n) is 2.61. The molecule has 0 unspecified atom stereocenters. The van der Waals surface area contributed by atoms with E-state index < -0.39 is 0 Å². The van der Waals surface area contributed by atoms with Crippen LogP contribution < -0.4 is 5.32 Å². The van der Waals surface area contributed by atoms with Crippen molar-refractivity contribution in [1.29, 1.82) is 0 Å². The maximum Gasteiger partial charge on any atom is 0.254 e. The normalized spacial score (nSPS) is 17.6. The van der Waals surface area contributed by atoms with Gasteiger partial charge in [-0.25, -0.2) is 4.98 Å². The molecule has 6 nitrogen and oxygen atoms in total. The standard InChI is InChI=1S/C17H21N3O3S/c1-12-8-14(20-23-12)11-24-17-15(5-2-6-18-17)16(21)19-9-13-4-3-7-22-10-13/h2,5-6,8,13H,3-4,7,9-11H2,1H3,(H,19,21)/t13-/m0/s1. The average Bonchev–Trinajstić information content (AvgIpc) is 3.04. The number of hydrogen-bond acceptors (Lipinski definition) is 6. The zero-order valence-corrected chi connectivity index (χ0v) is 14.5. The number of carbonyl (C=O) groups excluding carboxylic acids is 1. The molecule has 1 N–H and O–H groups in total. The van der Waals surface area contributed by atoms with Gasteiger partial charge >= 0.3 is 0 Å². The number of thioether (sulfide) groups is 1. The van der Waals surface area contributed by atoms with E-state index in [0.29, 0.717) is 28.8 Å². The monoisotopic (exact) mass is 347 g/mol. The van der Waals surface area contributed by atoms with Gasteiger partial charge in [0.25, 0.3) is 5.91 Å². The second-order valence-electron chi connectivity index (χ2n) is 5.87. The molecule has 2 aromatic heterocycles. The first-order valence-electron chi connectivity index (χ1n) is 8.08. The van der Waals surface area contributed by atoms with Gasteiger partial charge in [0.15, 0.2) is 0 Å². The van der Waals surface area contributed by atoms with Crippen LogP contribution >= 0.6 is 11.8 Å². The maximum absolute atomic E-state index is 12.5. The summed E-state index contributed by atoms with van der Waals surface area (Å²) in [6, 6.07) is 5.47. The molecule has 1 saturated heterocycles. The molecular weight excluding hydrogens is 326 g/mol. The lowest BCUT2D eigenvalue weighted by atomic mass is 10.0. The van der Waals surface area contributed by atoms with E-state index in [4.69, 9.17) is 9.26 Å². The van der Waals surface area contributed by atoms with E-state index in [1.165, 1.54) is 11.8 Å². The largest absolute Gasteiger partial charge is 0.381 e. The molecule has 1 aliphatic heterocycles. The van der Waals surface area contributed by atoms with E-state index in [9.17, 15) is 4.79 Å². The SMILES string of the molecule is Cc1cc(CSc2ncccc2C(=O)NC[C@@H]2CCCOC2)no1. The van der Waals surface area contributed by atoms with Crippen molar-refractivity contribution in [2.75, 3.05) is 19.8 Å². The van der Waals surface area contributed by atoms with Crippen LogP contribution in [0.15, 0.2) is 33.9 Å². The van der Waals surface area contributed by atoms with Gasteiger partial charge in [-0.3, -0.25) is 4.79 Å². The minimum atomic E-state index is -0.0903. The van der Waals surface area contributed by atoms with Crippen LogP contribution in [-0.2, 0) is 10.5 Å². The van der Waals surface area contributed by atoms with Crippen molar-refractivity contribution in [1.82, 2.24) is 15.5 Å². The number of carbonyl (C=O) groups is 1. The minimum Gasteiger partial charge on any atom is -0.381 e. The van der Waals surface area contributed by atoms with E-state index in [2.05, 4.69) is 15.5 Å². The third-order valence-electron chi connectivity index (χ3n) is 3.86. The summed E-state index contributed by atoms with van der Waals surface area (Å²) in [5, 5.41) is 7.67. The lowest BCUT2D eigenvalue weighted by Crippen LogP contribution is -2.33. The van der Waals surface area contributed by atoms with Gasteiger partial charge in [0.1, 0.15) is 10.8 Å². The lowest BCUT2D eigenvalue weighted by molar-refractivity contribution is 0.0536. The van der Waals surface area contributed by atoms with E-state index in [-0.39, 0.29) is 5.91 Å². The Morgan fingerprint density at radius 1 is 1.50 bits per heavy atom. The van der Waals surface area contributed by atoms with Gasteiger partial charge < -0.3 is 14.6 Å². The summed E-state index contributed by atoms with van der Waals surface area (Å²) in [5.74, 6) is 1.70. The van der Waals surface area contributed by atoms with Crippen LogP contribution in [-0.4, -0.2) is 35.8 Å². The topological polar surface area (TPSA) is 77.2 Å². The van der Waals surface area contributed by atoms with Gasteiger partial charge in [0.05, 0.1) is 17.9 Å². The molecule has 0 bridgehead atoms. The number of amides is 1. The van der Waals surface area contributed by atoms with Crippen LogP contribution in [0.4, 0.5) is 0 Å². The van der Waals surface area contributed by atoms with Crippen molar-refractivity contribution in [3.05, 3.63) is 41.4 Å². The molecule has 1 amide bonds. The summed E-state index contributed by atoms with van der Waals surface area (Å²) in [5.41, 5.74) is 1.44. The molecule has 0 radical (unpaired) electrons. The Labute approximate surface area is 145 Å². The number of ether oxygens (including phenoxy) is 1. The summed E-state index contributed by atoms with van der Waals surface area (Å²) in [6.45, 7) is 4.05. The quantitative estimate of drug-likeness (QED) is 0.810. The van der Waals surface area contributed by atoms with Crippen molar-refractivity contribution in [2.45, 2.75) is 30.5 Å². The highest BCUT2D eigenvalue weighted by Crippen LogP contribution is 2.24. The summed E-state index contributed by atoms with van der Waals surface area (Å²) < 4.78 is 10.5. The first kappa shape index (κ1) is 17.0. The smallest absolute Gasteiger partial charge is 0.254 e. The predicted octanol–water partition coefficient (Wildman–Crippen LogP) is 2.83. The number of aromatic nitrogens is 2. The molecule has 0 saturated carbocycles. The summed E-state index contributed by atoms with van der Waals surface area (Å²) in [4.78, 5) is 16.8. The number of hydrogen-bond donors (Lipinski definition) is 1. The van der Waals surface area contributed by atoms with Gasteiger partial charge in [0, 0.05) is 31.2 Å². The Kier molecular flexibility index (Phi) is 5.87. The van der Waals surface area contributed by atoms with Gasteiger partial charge in [-0.15, -0.1) is 0 Å². The summed E-state index contributed by atoms with van der Waals surface area (Å²) in [7, 11) is 0. The van der Waals surface area contributed by atoms with Crippen molar-refractivity contribution in [2.24, 2.45) is 5.92 Å². The first-order valence-corrected chi connectivity index (χ1v) is 9.07. The highest BCUT2D eigenvalue weighted by atomic mass is 32.2. The van der Waals surface area contributed by atoms with Crippen molar-refractivity contribution >= 4 is 17.7 Å². The number of nitrogens with zero attached hydrogens (tertiary/aromatic N) is 2. The van der Waals surface area contributed by atoms with E-state index in [0.717, 1.165) is 37.5 Å². The molecule has 3 heterocycles. The molecule has 0 spiro atoms. The van der Waals surface area contributed by atoms with Gasteiger partial charge in [0.2, 0.25) is 0 Å². The third-order valence-corrected chi connectivity index (χ3v) is 4.89. The van der Waals surface area contributed by atoms with Crippen molar-refractivity contribution < 1.29 is 14.1 Å². The molecule has 1 aliphatic rings. The number of rotatable bonds is 6. The second kappa shape index (κ2) is 8.30.